The molecule has 124 valence electrons. The summed E-state index contributed by atoms with van der Waals surface area (Å²) in [5.41, 5.74) is 1.20. The Hall–Kier alpha value is -1.29. The van der Waals surface area contributed by atoms with Crippen molar-refractivity contribution >= 4 is 58.9 Å². The number of halogens is 3. The summed E-state index contributed by atoms with van der Waals surface area (Å²) in [5, 5.41) is 2.64. The highest BCUT2D eigenvalue weighted by atomic mass is 79.9. The molecule has 0 aliphatic carbocycles. The monoisotopic (exact) mass is 490 g/mol. The molecule has 0 aliphatic heterocycles. The maximum Gasteiger partial charge on any atom is 0.264 e. The van der Waals surface area contributed by atoms with Crippen molar-refractivity contribution < 1.29 is 12.8 Å². The zero-order valence-electron chi connectivity index (χ0n) is 11.8. The number of hydrogen-bond acceptors (Lipinski definition) is 4. The number of nitrogens with zero attached hydrogens (tertiary/aromatic N) is 1. The Morgan fingerprint density at radius 2 is 1.83 bits per heavy atom. The smallest absolute Gasteiger partial charge is 0.264 e. The van der Waals surface area contributed by atoms with Gasteiger partial charge in [-0.15, -0.1) is 11.3 Å². The zero-order valence-corrected chi connectivity index (χ0v) is 16.6. The van der Waals surface area contributed by atoms with Gasteiger partial charge < -0.3 is 0 Å². The molecule has 0 saturated carbocycles. The number of anilines is 1. The average Bonchev–Trinajstić information content (AvgIpc) is 2.99. The van der Waals surface area contributed by atoms with E-state index in [0.29, 0.717) is 5.69 Å². The molecule has 24 heavy (non-hydrogen) atoms. The third-order valence-corrected chi connectivity index (χ3v) is 7.11. The van der Waals surface area contributed by atoms with Crippen molar-refractivity contribution in [2.24, 2.45) is 0 Å². The van der Waals surface area contributed by atoms with Crippen LogP contribution in [0.2, 0.25) is 0 Å². The topological polar surface area (TPSA) is 59.1 Å². The third-order valence-electron chi connectivity index (χ3n) is 3.03. The molecule has 0 bridgehead atoms. The van der Waals surface area contributed by atoms with Crippen molar-refractivity contribution in [3.8, 4) is 10.6 Å². The van der Waals surface area contributed by atoms with Crippen LogP contribution in [0.3, 0.4) is 0 Å². The molecule has 1 N–H and O–H groups in total. The third kappa shape index (κ3) is 3.69. The van der Waals surface area contributed by atoms with Gasteiger partial charge in [0.1, 0.15) is 15.7 Å². The van der Waals surface area contributed by atoms with Gasteiger partial charge in [0.25, 0.3) is 10.0 Å². The van der Waals surface area contributed by atoms with Crippen LogP contribution in [0.5, 0.6) is 0 Å². The van der Waals surface area contributed by atoms with Crippen LogP contribution in [-0.4, -0.2) is 13.4 Å². The molecule has 0 amide bonds. The van der Waals surface area contributed by atoms with E-state index in [0.717, 1.165) is 22.7 Å². The molecule has 0 fully saturated rings. The number of sulfonamides is 1. The summed E-state index contributed by atoms with van der Waals surface area (Å²) in [5.74, 6) is -0.543. The normalized spacial score (nSPS) is 11.5. The van der Waals surface area contributed by atoms with Crippen molar-refractivity contribution in [3.05, 3.63) is 62.7 Å². The van der Waals surface area contributed by atoms with Crippen molar-refractivity contribution in [1.29, 1.82) is 0 Å². The SMILES string of the molecule is O=S(=O)(Nc1cccc(-c2nccs2)c1)c1c(Br)cc(F)cc1Br. The van der Waals surface area contributed by atoms with Crippen LogP contribution in [0.15, 0.2) is 61.8 Å². The van der Waals surface area contributed by atoms with Crippen LogP contribution in [0.4, 0.5) is 10.1 Å². The zero-order chi connectivity index (χ0) is 17.3. The van der Waals surface area contributed by atoms with Gasteiger partial charge in [0.15, 0.2) is 0 Å². The number of hydrogen-bond donors (Lipinski definition) is 1. The van der Waals surface area contributed by atoms with Crippen LogP contribution < -0.4 is 4.72 Å². The molecular formula is C15H9Br2FN2O2S2. The second-order valence-corrected chi connectivity index (χ2v) is 8.94. The summed E-state index contributed by atoms with van der Waals surface area (Å²) in [4.78, 5) is 4.14. The molecule has 3 rings (SSSR count). The molecular weight excluding hydrogens is 483 g/mol. The van der Waals surface area contributed by atoms with Crippen LogP contribution >= 0.6 is 43.2 Å². The van der Waals surface area contributed by atoms with E-state index in [1.54, 1.807) is 24.4 Å². The first-order valence-electron chi connectivity index (χ1n) is 6.54. The fourth-order valence-electron chi connectivity index (χ4n) is 2.07. The minimum atomic E-state index is -3.90. The van der Waals surface area contributed by atoms with Crippen molar-refractivity contribution in [2.75, 3.05) is 4.72 Å². The summed E-state index contributed by atoms with van der Waals surface area (Å²) in [6.07, 6.45) is 1.68. The standard InChI is InChI=1S/C15H9Br2FN2O2S2/c16-12-7-10(18)8-13(17)14(12)24(21,22)20-11-3-1-2-9(6-11)15-19-4-5-23-15/h1-8,20H. The van der Waals surface area contributed by atoms with Gasteiger partial charge in [0.2, 0.25) is 0 Å². The summed E-state index contributed by atoms with van der Waals surface area (Å²) >= 11 is 7.65. The minimum absolute atomic E-state index is 0.0662. The van der Waals surface area contributed by atoms with Crippen LogP contribution in [-0.2, 0) is 10.0 Å². The van der Waals surface area contributed by atoms with Crippen molar-refractivity contribution in [3.63, 3.8) is 0 Å². The highest BCUT2D eigenvalue weighted by Gasteiger charge is 2.22. The largest absolute Gasteiger partial charge is 0.280 e. The van der Waals surface area contributed by atoms with E-state index >= 15 is 0 Å². The summed E-state index contributed by atoms with van der Waals surface area (Å²) in [6.45, 7) is 0. The number of rotatable bonds is 4. The second-order valence-electron chi connectivity index (χ2n) is 4.72. The van der Waals surface area contributed by atoms with Gasteiger partial charge in [-0.3, -0.25) is 4.72 Å². The molecule has 2 aromatic carbocycles. The average molecular weight is 492 g/mol. The molecule has 1 aromatic heterocycles. The second kappa shape index (κ2) is 6.91. The molecule has 4 nitrogen and oxygen atoms in total. The number of thiazole rings is 1. The van der Waals surface area contributed by atoms with Gasteiger partial charge >= 0.3 is 0 Å². The van der Waals surface area contributed by atoms with E-state index in [1.807, 2.05) is 11.4 Å². The maximum absolute atomic E-state index is 13.4. The predicted octanol–water partition coefficient (Wildman–Crippen LogP) is 5.28. The molecule has 0 saturated heterocycles. The fraction of sp³-hybridized carbons (Fsp3) is 0. The fourth-order valence-corrected chi connectivity index (χ4v) is 6.29. The Bertz CT molecular complexity index is 969. The number of aromatic nitrogens is 1. The molecule has 9 heteroatoms. The van der Waals surface area contributed by atoms with Gasteiger partial charge in [-0.2, -0.15) is 0 Å². The molecule has 1 heterocycles. The number of benzene rings is 2. The molecule has 3 aromatic rings. The highest BCUT2D eigenvalue weighted by molar-refractivity contribution is 9.11. The van der Waals surface area contributed by atoms with Crippen molar-refractivity contribution in [1.82, 2.24) is 4.98 Å². The van der Waals surface area contributed by atoms with E-state index in [9.17, 15) is 12.8 Å². The number of nitrogens with one attached hydrogen (secondary N) is 1. The lowest BCUT2D eigenvalue weighted by molar-refractivity contribution is 0.598. The first kappa shape index (κ1) is 17.5. The first-order chi connectivity index (χ1) is 11.4. The van der Waals surface area contributed by atoms with Crippen LogP contribution in [0, 0.1) is 5.82 Å². The van der Waals surface area contributed by atoms with Gasteiger partial charge in [0, 0.05) is 31.8 Å². The molecule has 0 radical (unpaired) electrons. The highest BCUT2D eigenvalue weighted by Crippen LogP contribution is 2.33. The molecule has 0 unspecified atom stereocenters. The Balaban J connectivity index is 1.98. The molecule has 0 atom stereocenters. The van der Waals surface area contributed by atoms with E-state index in [2.05, 4.69) is 41.6 Å². The first-order valence-corrected chi connectivity index (χ1v) is 10.5. The van der Waals surface area contributed by atoms with E-state index in [1.165, 1.54) is 11.3 Å². The Morgan fingerprint density at radius 1 is 1.12 bits per heavy atom. The summed E-state index contributed by atoms with van der Waals surface area (Å²) in [6, 6.07) is 9.13. The van der Waals surface area contributed by atoms with Gasteiger partial charge in [-0.1, -0.05) is 12.1 Å². The molecule has 0 spiro atoms. The van der Waals surface area contributed by atoms with Gasteiger partial charge in [0.05, 0.1) is 0 Å². The van der Waals surface area contributed by atoms with Crippen molar-refractivity contribution in [2.45, 2.75) is 4.90 Å². The molecule has 0 aliphatic rings. The summed E-state index contributed by atoms with van der Waals surface area (Å²) in [7, 11) is -3.90. The Labute approximate surface area is 159 Å². The minimum Gasteiger partial charge on any atom is -0.280 e. The van der Waals surface area contributed by atoms with Crippen LogP contribution in [0.1, 0.15) is 0 Å². The van der Waals surface area contributed by atoms with E-state index in [-0.39, 0.29) is 13.8 Å². The lowest BCUT2D eigenvalue weighted by atomic mass is 10.2. The predicted molar refractivity (Wildman–Crippen MR) is 100 cm³/mol. The van der Waals surface area contributed by atoms with Gasteiger partial charge in [-0.25, -0.2) is 17.8 Å². The van der Waals surface area contributed by atoms with Crippen LogP contribution in [0.25, 0.3) is 10.6 Å². The quantitative estimate of drug-likeness (QED) is 0.540. The summed E-state index contributed by atoms with van der Waals surface area (Å²) < 4.78 is 41.4. The van der Waals surface area contributed by atoms with Gasteiger partial charge in [-0.05, 0) is 56.1 Å². The lowest BCUT2D eigenvalue weighted by Crippen LogP contribution is -2.14. The lowest BCUT2D eigenvalue weighted by Gasteiger charge is -2.12. The maximum atomic E-state index is 13.4. The Kier molecular flexibility index (Phi) is 5.05. The van der Waals surface area contributed by atoms with E-state index in [4.69, 9.17) is 0 Å². The van der Waals surface area contributed by atoms with E-state index < -0.39 is 15.8 Å². The Morgan fingerprint density at radius 3 is 2.46 bits per heavy atom.